The molecule has 0 aliphatic carbocycles. The van der Waals surface area contributed by atoms with E-state index in [1.165, 1.54) is 6.08 Å². The highest BCUT2D eigenvalue weighted by molar-refractivity contribution is 5.87. The van der Waals surface area contributed by atoms with Crippen LogP contribution in [0.15, 0.2) is 49.1 Å². The first-order valence-corrected chi connectivity index (χ1v) is 4.96. The first-order valence-electron chi connectivity index (χ1n) is 4.96. The Labute approximate surface area is 95.4 Å². The number of amides is 1. The van der Waals surface area contributed by atoms with Crippen LogP contribution in [0.1, 0.15) is 5.56 Å². The van der Waals surface area contributed by atoms with Crippen LogP contribution in [-0.4, -0.2) is 13.0 Å². The Kier molecular flexibility index (Phi) is 4.86. The SMILES string of the molecule is C=C/C=C/C(=O)NCc1ccc(OC)cc1. The van der Waals surface area contributed by atoms with Crippen molar-refractivity contribution in [1.29, 1.82) is 0 Å². The molecule has 1 aromatic rings. The summed E-state index contributed by atoms with van der Waals surface area (Å²) < 4.78 is 5.04. The maximum atomic E-state index is 11.2. The van der Waals surface area contributed by atoms with Crippen LogP contribution < -0.4 is 10.1 Å². The van der Waals surface area contributed by atoms with Crippen LogP contribution in [0.5, 0.6) is 5.75 Å². The summed E-state index contributed by atoms with van der Waals surface area (Å²) in [5, 5.41) is 2.76. The first kappa shape index (κ1) is 12.0. The molecule has 84 valence electrons. The lowest BCUT2D eigenvalue weighted by atomic mass is 10.2. The van der Waals surface area contributed by atoms with Crippen molar-refractivity contribution in [3.63, 3.8) is 0 Å². The van der Waals surface area contributed by atoms with Gasteiger partial charge in [0.1, 0.15) is 5.75 Å². The van der Waals surface area contributed by atoms with Crippen LogP contribution >= 0.6 is 0 Å². The van der Waals surface area contributed by atoms with E-state index >= 15 is 0 Å². The van der Waals surface area contributed by atoms with Crippen LogP contribution in [0, 0.1) is 0 Å². The molecule has 3 heteroatoms. The summed E-state index contributed by atoms with van der Waals surface area (Å²) in [6, 6.07) is 7.55. The van der Waals surface area contributed by atoms with Gasteiger partial charge in [-0.2, -0.15) is 0 Å². The molecule has 0 aliphatic rings. The van der Waals surface area contributed by atoms with E-state index in [1.807, 2.05) is 24.3 Å². The van der Waals surface area contributed by atoms with E-state index in [1.54, 1.807) is 19.3 Å². The van der Waals surface area contributed by atoms with Crippen molar-refractivity contribution in [2.75, 3.05) is 7.11 Å². The van der Waals surface area contributed by atoms with Gasteiger partial charge in [-0.05, 0) is 17.7 Å². The molecule has 0 radical (unpaired) electrons. The zero-order valence-electron chi connectivity index (χ0n) is 9.27. The number of hydrogen-bond acceptors (Lipinski definition) is 2. The van der Waals surface area contributed by atoms with E-state index in [-0.39, 0.29) is 5.91 Å². The van der Waals surface area contributed by atoms with E-state index < -0.39 is 0 Å². The number of carbonyl (C=O) groups is 1. The topological polar surface area (TPSA) is 38.3 Å². The number of hydrogen-bond donors (Lipinski definition) is 1. The van der Waals surface area contributed by atoms with Gasteiger partial charge in [0.2, 0.25) is 5.91 Å². The van der Waals surface area contributed by atoms with Gasteiger partial charge in [0.05, 0.1) is 7.11 Å². The largest absolute Gasteiger partial charge is 0.497 e. The number of nitrogens with one attached hydrogen (secondary N) is 1. The molecule has 0 aliphatic heterocycles. The second-order valence-corrected chi connectivity index (χ2v) is 3.16. The molecule has 0 fully saturated rings. The van der Waals surface area contributed by atoms with Crippen LogP contribution in [0.3, 0.4) is 0 Å². The highest BCUT2D eigenvalue weighted by atomic mass is 16.5. The third kappa shape index (κ3) is 4.00. The molecule has 0 spiro atoms. The number of ether oxygens (including phenoxy) is 1. The molecule has 0 heterocycles. The third-order valence-corrected chi connectivity index (χ3v) is 2.01. The van der Waals surface area contributed by atoms with Crippen molar-refractivity contribution < 1.29 is 9.53 Å². The summed E-state index contributed by atoms with van der Waals surface area (Å²) in [4.78, 5) is 11.2. The van der Waals surface area contributed by atoms with Gasteiger partial charge in [0, 0.05) is 12.6 Å². The van der Waals surface area contributed by atoms with E-state index in [9.17, 15) is 4.79 Å². The molecule has 16 heavy (non-hydrogen) atoms. The Morgan fingerprint density at radius 3 is 2.69 bits per heavy atom. The average Bonchev–Trinajstić information content (AvgIpc) is 2.34. The van der Waals surface area contributed by atoms with Gasteiger partial charge >= 0.3 is 0 Å². The maximum Gasteiger partial charge on any atom is 0.244 e. The van der Waals surface area contributed by atoms with Crippen LogP contribution in [-0.2, 0) is 11.3 Å². The highest BCUT2D eigenvalue weighted by Gasteiger charge is 1.96. The fourth-order valence-electron chi connectivity index (χ4n) is 1.15. The Morgan fingerprint density at radius 2 is 2.12 bits per heavy atom. The number of methoxy groups -OCH3 is 1. The van der Waals surface area contributed by atoms with E-state index in [0.29, 0.717) is 6.54 Å². The van der Waals surface area contributed by atoms with E-state index in [2.05, 4.69) is 11.9 Å². The van der Waals surface area contributed by atoms with Crippen molar-refractivity contribution in [3.8, 4) is 5.75 Å². The maximum absolute atomic E-state index is 11.2. The van der Waals surface area contributed by atoms with Gasteiger partial charge in [0.25, 0.3) is 0 Å². The molecular weight excluding hydrogens is 202 g/mol. The molecule has 0 saturated heterocycles. The van der Waals surface area contributed by atoms with Crippen molar-refractivity contribution in [2.24, 2.45) is 0 Å². The van der Waals surface area contributed by atoms with E-state index in [0.717, 1.165) is 11.3 Å². The smallest absolute Gasteiger partial charge is 0.244 e. The Hall–Kier alpha value is -2.03. The fraction of sp³-hybridized carbons (Fsp3) is 0.154. The van der Waals surface area contributed by atoms with Gasteiger partial charge in [-0.15, -0.1) is 0 Å². The monoisotopic (exact) mass is 217 g/mol. The first-order chi connectivity index (χ1) is 7.76. The molecule has 0 atom stereocenters. The summed E-state index contributed by atoms with van der Waals surface area (Å²) in [6.45, 7) is 3.99. The van der Waals surface area contributed by atoms with Gasteiger partial charge in [-0.3, -0.25) is 4.79 Å². The number of carbonyl (C=O) groups excluding carboxylic acids is 1. The summed E-state index contributed by atoms with van der Waals surface area (Å²) in [7, 11) is 1.62. The molecule has 0 bridgehead atoms. The standard InChI is InChI=1S/C13H15NO2/c1-3-4-5-13(15)14-10-11-6-8-12(16-2)9-7-11/h3-9H,1,10H2,2H3,(H,14,15)/b5-4+. The molecule has 1 aromatic carbocycles. The number of benzene rings is 1. The van der Waals surface area contributed by atoms with Gasteiger partial charge in [-0.1, -0.05) is 30.9 Å². The second kappa shape index (κ2) is 6.45. The van der Waals surface area contributed by atoms with Gasteiger partial charge in [-0.25, -0.2) is 0 Å². The normalized spacial score (nSPS) is 10.1. The van der Waals surface area contributed by atoms with Gasteiger partial charge in [0.15, 0.2) is 0 Å². The highest BCUT2D eigenvalue weighted by Crippen LogP contribution is 2.10. The molecule has 0 saturated carbocycles. The molecule has 1 N–H and O–H groups in total. The van der Waals surface area contributed by atoms with Crippen molar-refractivity contribution >= 4 is 5.91 Å². The average molecular weight is 217 g/mol. The molecule has 1 rings (SSSR count). The molecular formula is C13H15NO2. The summed E-state index contributed by atoms with van der Waals surface area (Å²) in [6.07, 6.45) is 4.60. The lowest BCUT2D eigenvalue weighted by Crippen LogP contribution is -2.20. The number of allylic oxidation sites excluding steroid dienone is 2. The minimum absolute atomic E-state index is 0.129. The predicted octanol–water partition coefficient (Wildman–Crippen LogP) is 2.05. The van der Waals surface area contributed by atoms with Gasteiger partial charge < -0.3 is 10.1 Å². The Balaban J connectivity index is 2.45. The summed E-state index contributed by atoms with van der Waals surface area (Å²) in [5.74, 6) is 0.678. The minimum Gasteiger partial charge on any atom is -0.497 e. The van der Waals surface area contributed by atoms with Crippen molar-refractivity contribution in [2.45, 2.75) is 6.54 Å². The van der Waals surface area contributed by atoms with Crippen molar-refractivity contribution in [3.05, 3.63) is 54.6 Å². The molecule has 3 nitrogen and oxygen atoms in total. The molecule has 1 amide bonds. The van der Waals surface area contributed by atoms with Crippen LogP contribution in [0.25, 0.3) is 0 Å². The fourth-order valence-corrected chi connectivity index (χ4v) is 1.15. The Bertz CT molecular complexity index is 379. The predicted molar refractivity (Wildman–Crippen MR) is 64.2 cm³/mol. The van der Waals surface area contributed by atoms with Crippen LogP contribution in [0.2, 0.25) is 0 Å². The zero-order chi connectivity index (χ0) is 11.8. The minimum atomic E-state index is -0.129. The lowest BCUT2D eigenvalue weighted by Gasteiger charge is -2.04. The third-order valence-electron chi connectivity index (χ3n) is 2.01. The quantitative estimate of drug-likeness (QED) is 0.605. The van der Waals surface area contributed by atoms with E-state index in [4.69, 9.17) is 4.74 Å². The number of rotatable bonds is 5. The molecule has 0 unspecified atom stereocenters. The van der Waals surface area contributed by atoms with Crippen LogP contribution in [0.4, 0.5) is 0 Å². The second-order valence-electron chi connectivity index (χ2n) is 3.16. The molecule has 0 aromatic heterocycles. The summed E-state index contributed by atoms with van der Waals surface area (Å²) in [5.41, 5.74) is 1.03. The summed E-state index contributed by atoms with van der Waals surface area (Å²) >= 11 is 0. The van der Waals surface area contributed by atoms with Crippen molar-refractivity contribution in [1.82, 2.24) is 5.32 Å². The lowest BCUT2D eigenvalue weighted by molar-refractivity contribution is -0.116. The zero-order valence-corrected chi connectivity index (χ0v) is 9.27. The Morgan fingerprint density at radius 1 is 1.44 bits per heavy atom.